The van der Waals surface area contributed by atoms with Gasteiger partial charge in [0, 0.05) is 16.9 Å². The lowest BCUT2D eigenvalue weighted by atomic mass is 9.70. The Morgan fingerprint density at radius 3 is 1.34 bits per heavy atom. The van der Waals surface area contributed by atoms with E-state index in [-0.39, 0.29) is 0 Å². The molecule has 1 heteroatoms. The predicted octanol–water partition coefficient (Wildman–Crippen LogP) is 16.8. The van der Waals surface area contributed by atoms with Gasteiger partial charge in [0.1, 0.15) is 0 Å². The quantitative estimate of drug-likeness (QED) is 0.162. The molecule has 0 fully saturated rings. The van der Waals surface area contributed by atoms with Gasteiger partial charge in [0.05, 0.1) is 11.1 Å². The number of hydrogen-bond acceptors (Lipinski definition) is 1. The summed E-state index contributed by atoms with van der Waals surface area (Å²) in [6.07, 6.45) is 0. The summed E-state index contributed by atoms with van der Waals surface area (Å²) >= 11 is 0. The standard InChI is InChI=1S/C63H41N/c1-2-15-42(16-3-1)43-29-31-44(32-30-43)45-33-36-48(37-34-45)64(61-40-35-47-18-5-7-21-51(47)62(61)55-25-14-19-46-17-4-6-20-50(46)55)49-38-39-60-56(41-49)54-24-10-13-28-59(54)63(60)57-26-11-8-22-52(57)53-23-9-12-27-58(53)63/h1-41H. The molecule has 0 atom stereocenters. The van der Waals surface area contributed by atoms with Crippen molar-refractivity contribution in [1.29, 1.82) is 0 Å². The molecule has 2 aliphatic rings. The van der Waals surface area contributed by atoms with E-state index in [4.69, 9.17) is 0 Å². The molecule has 2 aliphatic carbocycles. The number of fused-ring (bicyclic) bond motifs is 12. The highest BCUT2D eigenvalue weighted by molar-refractivity contribution is 6.11. The van der Waals surface area contributed by atoms with Crippen LogP contribution in [-0.2, 0) is 5.41 Å². The second-order valence-corrected chi connectivity index (χ2v) is 17.1. The third kappa shape index (κ3) is 5.38. The fourth-order valence-electron chi connectivity index (χ4n) is 11.1. The molecule has 64 heavy (non-hydrogen) atoms. The molecule has 298 valence electrons. The minimum atomic E-state index is -0.406. The molecular formula is C63H41N. The van der Waals surface area contributed by atoms with Crippen molar-refractivity contribution < 1.29 is 0 Å². The third-order valence-corrected chi connectivity index (χ3v) is 13.9. The smallest absolute Gasteiger partial charge is 0.0725 e. The van der Waals surface area contributed by atoms with Gasteiger partial charge in [-0.1, -0.05) is 218 Å². The van der Waals surface area contributed by atoms with Gasteiger partial charge in [-0.25, -0.2) is 0 Å². The molecule has 11 aromatic carbocycles. The number of hydrogen-bond donors (Lipinski definition) is 0. The first-order valence-electron chi connectivity index (χ1n) is 22.3. The van der Waals surface area contributed by atoms with Crippen molar-refractivity contribution in [3.8, 4) is 55.6 Å². The van der Waals surface area contributed by atoms with Gasteiger partial charge in [0.15, 0.2) is 0 Å². The first-order chi connectivity index (χ1) is 31.8. The second-order valence-electron chi connectivity index (χ2n) is 17.1. The van der Waals surface area contributed by atoms with Gasteiger partial charge >= 0.3 is 0 Å². The average Bonchev–Trinajstić information content (AvgIpc) is 3.84. The molecule has 0 N–H and O–H groups in total. The van der Waals surface area contributed by atoms with E-state index in [0.717, 1.165) is 17.1 Å². The highest BCUT2D eigenvalue weighted by atomic mass is 15.1. The second kappa shape index (κ2) is 14.4. The molecule has 0 radical (unpaired) electrons. The van der Waals surface area contributed by atoms with Crippen LogP contribution in [0.15, 0.2) is 249 Å². The summed E-state index contributed by atoms with van der Waals surface area (Å²) in [6, 6.07) is 92.1. The van der Waals surface area contributed by atoms with Gasteiger partial charge in [0.2, 0.25) is 0 Å². The van der Waals surface area contributed by atoms with Crippen molar-refractivity contribution in [1.82, 2.24) is 0 Å². The van der Waals surface area contributed by atoms with Crippen LogP contribution in [0.4, 0.5) is 17.1 Å². The first kappa shape index (κ1) is 36.4. The lowest BCUT2D eigenvalue weighted by Gasteiger charge is -2.32. The van der Waals surface area contributed by atoms with Gasteiger partial charge in [-0.2, -0.15) is 0 Å². The summed E-state index contributed by atoms with van der Waals surface area (Å²) in [6.45, 7) is 0. The van der Waals surface area contributed by atoms with Crippen LogP contribution >= 0.6 is 0 Å². The zero-order valence-electron chi connectivity index (χ0n) is 35.1. The summed E-state index contributed by atoms with van der Waals surface area (Å²) in [7, 11) is 0. The monoisotopic (exact) mass is 811 g/mol. The fraction of sp³-hybridized carbons (Fsp3) is 0.0159. The topological polar surface area (TPSA) is 3.24 Å². The van der Waals surface area contributed by atoms with Crippen LogP contribution in [-0.4, -0.2) is 0 Å². The average molecular weight is 812 g/mol. The summed E-state index contributed by atoms with van der Waals surface area (Å²) in [5.41, 5.74) is 20.7. The van der Waals surface area contributed by atoms with Crippen LogP contribution in [0, 0.1) is 0 Å². The molecule has 0 heterocycles. The molecule has 0 saturated heterocycles. The predicted molar refractivity (Wildman–Crippen MR) is 269 cm³/mol. The summed E-state index contributed by atoms with van der Waals surface area (Å²) in [4.78, 5) is 2.50. The maximum Gasteiger partial charge on any atom is 0.0725 e. The van der Waals surface area contributed by atoms with E-state index in [0.29, 0.717) is 0 Å². The van der Waals surface area contributed by atoms with Crippen LogP contribution in [0.3, 0.4) is 0 Å². The molecular weight excluding hydrogens is 771 g/mol. The minimum Gasteiger partial charge on any atom is -0.310 e. The van der Waals surface area contributed by atoms with E-state index in [2.05, 4.69) is 254 Å². The van der Waals surface area contributed by atoms with E-state index in [1.807, 2.05) is 0 Å². The van der Waals surface area contributed by atoms with E-state index >= 15 is 0 Å². The number of nitrogens with zero attached hydrogens (tertiary/aromatic N) is 1. The SMILES string of the molecule is c1ccc(-c2ccc(-c3ccc(N(c4ccc5c(c4)-c4ccccc4C54c5ccccc5-c5ccccc54)c4ccc5ccccc5c4-c4cccc5ccccc45)cc3)cc2)cc1. The van der Waals surface area contributed by atoms with Crippen molar-refractivity contribution in [2.24, 2.45) is 0 Å². The molecule has 11 aromatic rings. The zero-order chi connectivity index (χ0) is 42.2. The Morgan fingerprint density at radius 2 is 0.703 bits per heavy atom. The van der Waals surface area contributed by atoms with Crippen LogP contribution in [0.2, 0.25) is 0 Å². The van der Waals surface area contributed by atoms with Crippen molar-refractivity contribution in [2.75, 3.05) is 4.90 Å². The summed E-state index contributed by atoms with van der Waals surface area (Å²) in [5.74, 6) is 0. The van der Waals surface area contributed by atoms with Crippen LogP contribution in [0.25, 0.3) is 77.2 Å². The largest absolute Gasteiger partial charge is 0.310 e. The van der Waals surface area contributed by atoms with Crippen molar-refractivity contribution in [3.05, 3.63) is 271 Å². The Bertz CT molecular complexity index is 3550. The van der Waals surface area contributed by atoms with Crippen molar-refractivity contribution in [2.45, 2.75) is 5.41 Å². The lowest BCUT2D eigenvalue weighted by Crippen LogP contribution is -2.25. The fourth-order valence-corrected chi connectivity index (χ4v) is 11.1. The molecule has 0 aromatic heterocycles. The highest BCUT2D eigenvalue weighted by Crippen LogP contribution is 2.63. The molecule has 0 saturated carbocycles. The Balaban J connectivity index is 1.04. The molecule has 13 rings (SSSR count). The number of rotatable bonds is 6. The minimum absolute atomic E-state index is 0.406. The number of benzene rings is 11. The van der Waals surface area contributed by atoms with E-state index in [1.54, 1.807) is 0 Å². The Hall–Kier alpha value is -8.26. The van der Waals surface area contributed by atoms with E-state index < -0.39 is 5.41 Å². The summed E-state index contributed by atoms with van der Waals surface area (Å²) in [5, 5.41) is 4.90. The van der Waals surface area contributed by atoms with E-state index in [9.17, 15) is 0 Å². The first-order valence-corrected chi connectivity index (χ1v) is 22.3. The molecule has 1 nitrogen and oxygen atoms in total. The maximum atomic E-state index is 2.50. The van der Waals surface area contributed by atoms with E-state index in [1.165, 1.54) is 99.4 Å². The third-order valence-electron chi connectivity index (χ3n) is 13.9. The van der Waals surface area contributed by atoms with Crippen molar-refractivity contribution in [3.63, 3.8) is 0 Å². The molecule has 0 aliphatic heterocycles. The molecule has 0 amide bonds. The molecule has 0 unspecified atom stereocenters. The van der Waals surface area contributed by atoms with Crippen LogP contribution in [0.1, 0.15) is 22.3 Å². The lowest BCUT2D eigenvalue weighted by molar-refractivity contribution is 0.794. The van der Waals surface area contributed by atoms with Gasteiger partial charge in [-0.05, 0) is 124 Å². The van der Waals surface area contributed by atoms with Crippen LogP contribution < -0.4 is 4.90 Å². The molecule has 0 bridgehead atoms. The summed E-state index contributed by atoms with van der Waals surface area (Å²) < 4.78 is 0. The van der Waals surface area contributed by atoms with Gasteiger partial charge < -0.3 is 4.90 Å². The van der Waals surface area contributed by atoms with Crippen molar-refractivity contribution >= 4 is 38.6 Å². The van der Waals surface area contributed by atoms with Gasteiger partial charge in [0.25, 0.3) is 0 Å². The van der Waals surface area contributed by atoms with Crippen LogP contribution in [0.5, 0.6) is 0 Å². The zero-order valence-corrected chi connectivity index (χ0v) is 35.1. The Morgan fingerprint density at radius 1 is 0.266 bits per heavy atom. The normalized spacial score (nSPS) is 12.8. The Kier molecular flexibility index (Phi) is 8.20. The van der Waals surface area contributed by atoms with Gasteiger partial charge in [-0.15, -0.1) is 0 Å². The maximum absolute atomic E-state index is 2.50. The molecule has 1 spiro atoms. The highest BCUT2D eigenvalue weighted by Gasteiger charge is 2.51. The van der Waals surface area contributed by atoms with Gasteiger partial charge in [-0.3, -0.25) is 0 Å². The number of anilines is 3. The Labute approximate surface area is 373 Å².